The Kier molecular flexibility index (Phi) is 8.10. The lowest BCUT2D eigenvalue weighted by molar-refractivity contribution is -0.139. The van der Waals surface area contributed by atoms with Crippen LogP contribution in [0.25, 0.3) is 0 Å². The van der Waals surface area contributed by atoms with Gasteiger partial charge >= 0.3 is 11.8 Å². The molecule has 8 heteroatoms. The van der Waals surface area contributed by atoms with E-state index in [9.17, 15) is 9.59 Å². The van der Waals surface area contributed by atoms with Gasteiger partial charge in [-0.3, -0.25) is 9.59 Å². The summed E-state index contributed by atoms with van der Waals surface area (Å²) in [5, 5.41) is 6.26. The molecule has 0 unspecified atom stereocenters. The van der Waals surface area contributed by atoms with E-state index in [-0.39, 0.29) is 0 Å². The fraction of sp³-hybridized carbons (Fsp3) is 0.438. The van der Waals surface area contributed by atoms with Gasteiger partial charge in [0.2, 0.25) is 5.75 Å². The van der Waals surface area contributed by atoms with Gasteiger partial charge in [0.25, 0.3) is 0 Å². The van der Waals surface area contributed by atoms with Gasteiger partial charge in [-0.15, -0.1) is 0 Å². The van der Waals surface area contributed by atoms with Gasteiger partial charge in [0.15, 0.2) is 11.5 Å². The lowest BCUT2D eigenvalue weighted by atomic mass is 10.2. The first kappa shape index (κ1) is 19.3. The van der Waals surface area contributed by atoms with Crippen molar-refractivity contribution in [2.24, 2.45) is 5.10 Å². The minimum Gasteiger partial charge on any atom is -0.493 e. The highest BCUT2D eigenvalue weighted by Crippen LogP contribution is 2.37. The third kappa shape index (κ3) is 5.45. The van der Waals surface area contributed by atoms with Gasteiger partial charge in [-0.1, -0.05) is 13.3 Å². The summed E-state index contributed by atoms with van der Waals surface area (Å²) in [5.41, 5.74) is 2.77. The molecule has 0 heterocycles. The maximum Gasteiger partial charge on any atom is 0.329 e. The van der Waals surface area contributed by atoms with Crippen LogP contribution in [0.4, 0.5) is 0 Å². The molecule has 24 heavy (non-hydrogen) atoms. The zero-order valence-electron chi connectivity index (χ0n) is 14.3. The van der Waals surface area contributed by atoms with E-state index >= 15 is 0 Å². The van der Waals surface area contributed by atoms with Crippen LogP contribution in [0.2, 0.25) is 0 Å². The highest BCUT2D eigenvalue weighted by Gasteiger charge is 2.13. The minimum atomic E-state index is -0.824. The van der Waals surface area contributed by atoms with Gasteiger partial charge in [-0.25, -0.2) is 5.43 Å². The van der Waals surface area contributed by atoms with Crippen LogP contribution in [0.1, 0.15) is 25.3 Å². The molecular formula is C16H23N3O5. The van der Waals surface area contributed by atoms with Crippen molar-refractivity contribution in [3.8, 4) is 17.2 Å². The van der Waals surface area contributed by atoms with Crippen molar-refractivity contribution in [2.75, 3.05) is 27.9 Å². The topological polar surface area (TPSA) is 98.3 Å². The summed E-state index contributed by atoms with van der Waals surface area (Å²) in [5.74, 6) is -0.166. The summed E-state index contributed by atoms with van der Waals surface area (Å²) in [6.07, 6.45) is 3.12. The van der Waals surface area contributed by atoms with Crippen LogP contribution in [-0.2, 0) is 9.59 Å². The lowest BCUT2D eigenvalue weighted by Gasteiger charge is -2.12. The molecule has 8 nitrogen and oxygen atoms in total. The number of nitrogens with one attached hydrogen (secondary N) is 2. The van der Waals surface area contributed by atoms with Gasteiger partial charge in [-0.05, 0) is 18.6 Å². The molecular weight excluding hydrogens is 314 g/mol. The largest absolute Gasteiger partial charge is 0.493 e. The zero-order valence-corrected chi connectivity index (χ0v) is 14.3. The van der Waals surface area contributed by atoms with Gasteiger partial charge in [-0.2, -0.15) is 5.10 Å². The SMILES string of the molecule is CCCCNC(=O)C(=O)N/N=C\c1cc(OC)c(OC)c(OC)c1. The molecule has 0 bridgehead atoms. The van der Waals surface area contributed by atoms with Gasteiger partial charge in [0.05, 0.1) is 27.5 Å². The van der Waals surface area contributed by atoms with Gasteiger partial charge in [0.1, 0.15) is 0 Å². The monoisotopic (exact) mass is 337 g/mol. The molecule has 1 aromatic rings. The highest BCUT2D eigenvalue weighted by molar-refractivity contribution is 6.35. The van der Waals surface area contributed by atoms with E-state index in [0.29, 0.717) is 29.4 Å². The molecule has 2 amide bonds. The van der Waals surface area contributed by atoms with Crippen LogP contribution in [0.3, 0.4) is 0 Å². The van der Waals surface area contributed by atoms with Crippen molar-refractivity contribution >= 4 is 18.0 Å². The number of methoxy groups -OCH3 is 3. The number of hydrogen-bond acceptors (Lipinski definition) is 6. The van der Waals surface area contributed by atoms with Crippen LogP contribution in [0.15, 0.2) is 17.2 Å². The minimum absolute atomic E-state index is 0.455. The second-order valence-electron chi connectivity index (χ2n) is 4.77. The normalized spacial score (nSPS) is 10.3. The van der Waals surface area contributed by atoms with E-state index < -0.39 is 11.8 Å². The maximum atomic E-state index is 11.6. The van der Waals surface area contributed by atoms with E-state index in [1.54, 1.807) is 12.1 Å². The fourth-order valence-electron chi connectivity index (χ4n) is 1.85. The van der Waals surface area contributed by atoms with Gasteiger partial charge < -0.3 is 19.5 Å². The van der Waals surface area contributed by atoms with Crippen LogP contribution < -0.4 is 25.0 Å². The van der Waals surface area contributed by atoms with E-state index in [4.69, 9.17) is 14.2 Å². The summed E-state index contributed by atoms with van der Waals surface area (Å²) in [7, 11) is 4.51. The average Bonchev–Trinajstić information content (AvgIpc) is 2.60. The Morgan fingerprint density at radius 1 is 1.08 bits per heavy atom. The number of hydrazone groups is 1. The molecule has 0 fully saturated rings. The molecule has 0 aliphatic rings. The maximum absolute atomic E-state index is 11.6. The average molecular weight is 337 g/mol. The number of benzene rings is 1. The summed E-state index contributed by atoms with van der Waals surface area (Å²) in [6.45, 7) is 2.45. The molecule has 132 valence electrons. The first-order valence-electron chi connectivity index (χ1n) is 7.48. The summed E-state index contributed by atoms with van der Waals surface area (Å²) in [4.78, 5) is 23.1. The van der Waals surface area contributed by atoms with Crippen molar-refractivity contribution in [2.45, 2.75) is 19.8 Å². The molecule has 0 aliphatic carbocycles. The Morgan fingerprint density at radius 2 is 1.71 bits per heavy atom. The Balaban J connectivity index is 2.73. The number of carbonyl (C=O) groups is 2. The molecule has 0 saturated carbocycles. The molecule has 0 aromatic heterocycles. The zero-order chi connectivity index (χ0) is 17.9. The highest BCUT2D eigenvalue weighted by atomic mass is 16.5. The molecule has 1 aromatic carbocycles. The molecule has 0 saturated heterocycles. The van der Waals surface area contributed by atoms with E-state index in [0.717, 1.165) is 12.8 Å². The summed E-state index contributed by atoms with van der Waals surface area (Å²) in [6, 6.07) is 3.33. The Morgan fingerprint density at radius 3 is 2.21 bits per heavy atom. The molecule has 0 atom stereocenters. The van der Waals surface area contributed by atoms with Crippen molar-refractivity contribution in [1.82, 2.24) is 10.7 Å². The second kappa shape index (κ2) is 10.1. The standard InChI is InChI=1S/C16H23N3O5/c1-5-6-7-17-15(20)16(21)19-18-10-11-8-12(22-2)14(24-4)13(9-11)23-3/h8-10H,5-7H2,1-4H3,(H,17,20)(H,19,21)/b18-10-. The van der Waals surface area contributed by atoms with E-state index in [2.05, 4.69) is 15.8 Å². The quantitative estimate of drug-likeness (QED) is 0.320. The Labute approximate surface area is 141 Å². The number of rotatable bonds is 8. The van der Waals surface area contributed by atoms with Crippen molar-refractivity contribution in [3.63, 3.8) is 0 Å². The third-order valence-electron chi connectivity index (χ3n) is 3.09. The molecule has 0 radical (unpaired) electrons. The van der Waals surface area contributed by atoms with Crippen LogP contribution >= 0.6 is 0 Å². The Hall–Kier alpha value is -2.77. The predicted octanol–water partition coefficient (Wildman–Crippen LogP) is 1.08. The van der Waals surface area contributed by atoms with E-state index in [1.165, 1.54) is 27.5 Å². The number of carbonyl (C=O) groups excluding carboxylic acids is 2. The predicted molar refractivity (Wildman–Crippen MR) is 89.8 cm³/mol. The lowest BCUT2D eigenvalue weighted by Crippen LogP contribution is -2.38. The molecule has 0 aliphatic heterocycles. The van der Waals surface area contributed by atoms with Crippen molar-refractivity contribution in [3.05, 3.63) is 17.7 Å². The third-order valence-corrected chi connectivity index (χ3v) is 3.09. The molecule has 1 rings (SSSR count). The second-order valence-corrected chi connectivity index (χ2v) is 4.77. The molecule has 2 N–H and O–H groups in total. The van der Waals surface area contributed by atoms with Crippen molar-refractivity contribution in [1.29, 1.82) is 0 Å². The Bertz CT molecular complexity index is 576. The van der Waals surface area contributed by atoms with Gasteiger partial charge in [0, 0.05) is 12.1 Å². The fourth-order valence-corrected chi connectivity index (χ4v) is 1.85. The first-order chi connectivity index (χ1) is 11.6. The summed E-state index contributed by atoms with van der Waals surface area (Å²) >= 11 is 0. The number of amides is 2. The number of nitrogens with zero attached hydrogens (tertiary/aromatic N) is 1. The number of ether oxygens (including phenoxy) is 3. The van der Waals surface area contributed by atoms with E-state index in [1.807, 2.05) is 6.92 Å². The summed E-state index contributed by atoms with van der Waals surface area (Å²) < 4.78 is 15.7. The smallest absolute Gasteiger partial charge is 0.329 e. The van der Waals surface area contributed by atoms with Crippen LogP contribution in [0.5, 0.6) is 17.2 Å². The van der Waals surface area contributed by atoms with Crippen LogP contribution in [0, 0.1) is 0 Å². The number of unbranched alkanes of at least 4 members (excludes halogenated alkanes) is 1. The van der Waals surface area contributed by atoms with Crippen LogP contribution in [-0.4, -0.2) is 45.9 Å². The number of hydrogen-bond donors (Lipinski definition) is 2. The van der Waals surface area contributed by atoms with Crippen molar-refractivity contribution < 1.29 is 23.8 Å². The molecule has 0 spiro atoms. The first-order valence-corrected chi connectivity index (χ1v) is 7.48.